The van der Waals surface area contributed by atoms with E-state index >= 15 is 0 Å². The molecule has 0 fully saturated rings. The van der Waals surface area contributed by atoms with Crippen LogP contribution in [0, 0.1) is 5.82 Å². The Morgan fingerprint density at radius 3 is 2.06 bits per heavy atom. The summed E-state index contributed by atoms with van der Waals surface area (Å²) in [4.78, 5) is 52.5. The van der Waals surface area contributed by atoms with Gasteiger partial charge in [-0.1, -0.05) is 78.3 Å². The Morgan fingerprint density at radius 1 is 0.750 bits per heavy atom. The maximum absolute atomic E-state index is 14.6. The van der Waals surface area contributed by atoms with Gasteiger partial charge in [0.15, 0.2) is 0 Å². The number of primary amides is 1. The van der Waals surface area contributed by atoms with E-state index in [2.05, 4.69) is 16.0 Å². The fourth-order valence-electron chi connectivity index (χ4n) is 4.59. The van der Waals surface area contributed by atoms with Crippen LogP contribution in [0.4, 0.5) is 15.8 Å². The summed E-state index contributed by atoms with van der Waals surface area (Å²) in [6.07, 6.45) is 1.18. The lowest BCUT2D eigenvalue weighted by Crippen LogP contribution is -2.30. The van der Waals surface area contributed by atoms with Gasteiger partial charge < -0.3 is 21.7 Å². The average molecular weight is 679 g/mol. The average Bonchev–Trinajstić information content (AvgIpc) is 3.09. The third-order valence-corrected chi connectivity index (χ3v) is 8.57. The van der Waals surface area contributed by atoms with Crippen molar-refractivity contribution < 1.29 is 23.6 Å². The molecular formula is C37H28ClFN4O4S. The molecule has 48 heavy (non-hydrogen) atoms. The molecule has 1 unspecified atom stereocenters. The summed E-state index contributed by atoms with van der Waals surface area (Å²) < 4.78 is 14.6. The molecule has 5 aromatic rings. The topological polar surface area (TPSA) is 130 Å². The molecular weight excluding hydrogens is 651 g/mol. The molecule has 0 aromatic heterocycles. The van der Waals surface area contributed by atoms with Crippen molar-refractivity contribution in [2.75, 3.05) is 10.6 Å². The molecule has 0 heterocycles. The molecule has 0 bridgehead atoms. The maximum Gasteiger partial charge on any atom is 0.272 e. The third-order valence-electron chi connectivity index (χ3n) is 6.97. The molecule has 0 saturated carbocycles. The molecule has 0 radical (unpaired) electrons. The van der Waals surface area contributed by atoms with Crippen molar-refractivity contribution in [2.24, 2.45) is 5.73 Å². The number of hydrogen-bond acceptors (Lipinski definition) is 5. The van der Waals surface area contributed by atoms with Crippen molar-refractivity contribution >= 4 is 64.4 Å². The maximum atomic E-state index is 14.6. The normalized spacial score (nSPS) is 11.7. The number of benzene rings is 5. The van der Waals surface area contributed by atoms with E-state index in [9.17, 15) is 23.6 Å². The van der Waals surface area contributed by atoms with Crippen LogP contribution in [0.15, 0.2) is 138 Å². The molecule has 4 amide bonds. The van der Waals surface area contributed by atoms with Crippen LogP contribution in [0.3, 0.4) is 0 Å². The minimum Gasteiger partial charge on any atom is -0.366 e. The Kier molecular flexibility index (Phi) is 11.0. The van der Waals surface area contributed by atoms with Gasteiger partial charge in [-0.3, -0.25) is 19.2 Å². The third kappa shape index (κ3) is 8.55. The second-order valence-electron chi connectivity index (χ2n) is 10.3. The Labute approximate surface area is 285 Å². The van der Waals surface area contributed by atoms with Crippen LogP contribution in [0.5, 0.6) is 0 Å². The summed E-state index contributed by atoms with van der Waals surface area (Å²) >= 11 is 7.47. The Hall–Kier alpha value is -5.71. The van der Waals surface area contributed by atoms with Gasteiger partial charge in [0.25, 0.3) is 17.7 Å². The fraction of sp³-hybridized carbons (Fsp3) is 0.0270. The standard InChI is InChI=1S/C37H28ClFN4O4S/c38-29-15-9-16-30(39)28(29)22-32(43-35(45)24-12-5-2-6-13-24)36(46)41-25-18-20-26(21-19-25)48-33(23-10-3-1-4-11-23)37(47)42-31-17-8-7-14-27(31)34(40)44/h1-22,33H,(H2,40,44)(H,41,46)(H,42,47)(H,43,45)/b32-22-. The summed E-state index contributed by atoms with van der Waals surface area (Å²) in [5.74, 6) is -2.98. The monoisotopic (exact) mass is 678 g/mol. The molecule has 0 spiro atoms. The van der Waals surface area contributed by atoms with Gasteiger partial charge >= 0.3 is 0 Å². The summed E-state index contributed by atoms with van der Waals surface area (Å²) in [6, 6.07) is 34.7. The predicted molar refractivity (Wildman–Crippen MR) is 187 cm³/mol. The molecule has 240 valence electrons. The molecule has 0 aliphatic rings. The number of para-hydroxylation sites is 1. The van der Waals surface area contributed by atoms with Gasteiger partial charge in [0.1, 0.15) is 16.8 Å². The van der Waals surface area contributed by atoms with Crippen LogP contribution in [0.25, 0.3) is 6.08 Å². The predicted octanol–water partition coefficient (Wildman–Crippen LogP) is 7.46. The van der Waals surface area contributed by atoms with Gasteiger partial charge in [-0.05, 0) is 72.3 Å². The number of anilines is 2. The summed E-state index contributed by atoms with van der Waals surface area (Å²) in [5.41, 5.74) is 7.09. The van der Waals surface area contributed by atoms with Gasteiger partial charge in [0, 0.05) is 21.7 Å². The molecule has 1 atom stereocenters. The number of halogens is 2. The quantitative estimate of drug-likeness (QED) is 0.0851. The molecule has 5 rings (SSSR count). The van der Waals surface area contributed by atoms with E-state index in [4.69, 9.17) is 17.3 Å². The number of carbonyl (C=O) groups excluding carboxylic acids is 4. The van der Waals surface area contributed by atoms with Crippen LogP contribution in [0.1, 0.15) is 37.1 Å². The van der Waals surface area contributed by atoms with E-state index in [1.165, 1.54) is 42.1 Å². The molecule has 5 N–H and O–H groups in total. The Morgan fingerprint density at radius 2 is 1.40 bits per heavy atom. The van der Waals surface area contributed by atoms with E-state index in [-0.39, 0.29) is 27.8 Å². The number of hydrogen-bond donors (Lipinski definition) is 4. The minimum atomic E-state index is -0.714. The summed E-state index contributed by atoms with van der Waals surface area (Å²) in [7, 11) is 0. The van der Waals surface area contributed by atoms with Crippen molar-refractivity contribution in [3.63, 3.8) is 0 Å². The minimum absolute atomic E-state index is 0.0609. The number of carbonyl (C=O) groups is 4. The van der Waals surface area contributed by atoms with Crippen molar-refractivity contribution in [1.82, 2.24) is 5.32 Å². The fourth-order valence-corrected chi connectivity index (χ4v) is 5.83. The second-order valence-corrected chi connectivity index (χ2v) is 11.9. The first-order valence-corrected chi connectivity index (χ1v) is 15.8. The van der Waals surface area contributed by atoms with Crippen LogP contribution < -0.4 is 21.7 Å². The van der Waals surface area contributed by atoms with E-state index in [1.807, 2.05) is 30.3 Å². The van der Waals surface area contributed by atoms with Crippen molar-refractivity contribution in [2.45, 2.75) is 10.1 Å². The van der Waals surface area contributed by atoms with Crippen LogP contribution in [0.2, 0.25) is 5.02 Å². The first-order valence-electron chi connectivity index (χ1n) is 14.5. The van der Waals surface area contributed by atoms with Gasteiger partial charge in [-0.25, -0.2) is 4.39 Å². The SMILES string of the molecule is NC(=O)c1ccccc1NC(=O)C(Sc1ccc(NC(=O)/C(=C/c2c(F)cccc2Cl)NC(=O)c2ccccc2)cc1)c1ccccc1. The first-order chi connectivity index (χ1) is 23.2. The number of nitrogens with two attached hydrogens (primary N) is 1. The lowest BCUT2D eigenvalue weighted by Gasteiger charge is -2.18. The van der Waals surface area contributed by atoms with Gasteiger partial charge in [0.2, 0.25) is 5.91 Å². The lowest BCUT2D eigenvalue weighted by molar-refractivity contribution is -0.116. The molecule has 8 nitrogen and oxygen atoms in total. The number of thioether (sulfide) groups is 1. The molecule has 0 aliphatic heterocycles. The number of amides is 4. The molecule has 0 aliphatic carbocycles. The van der Waals surface area contributed by atoms with E-state index in [1.54, 1.807) is 72.8 Å². The van der Waals surface area contributed by atoms with Gasteiger partial charge in [-0.2, -0.15) is 0 Å². The molecule has 5 aromatic carbocycles. The number of nitrogens with one attached hydrogen (secondary N) is 3. The van der Waals surface area contributed by atoms with E-state index < -0.39 is 28.8 Å². The van der Waals surface area contributed by atoms with Gasteiger partial charge in [0.05, 0.1) is 16.3 Å². The van der Waals surface area contributed by atoms with Crippen LogP contribution in [-0.2, 0) is 9.59 Å². The van der Waals surface area contributed by atoms with Crippen molar-refractivity contribution in [3.05, 3.63) is 166 Å². The highest BCUT2D eigenvalue weighted by atomic mass is 35.5. The summed E-state index contributed by atoms with van der Waals surface area (Å²) in [6.45, 7) is 0. The zero-order chi connectivity index (χ0) is 34.0. The van der Waals surface area contributed by atoms with Crippen molar-refractivity contribution in [1.29, 1.82) is 0 Å². The van der Waals surface area contributed by atoms with Crippen molar-refractivity contribution in [3.8, 4) is 0 Å². The van der Waals surface area contributed by atoms with Gasteiger partial charge in [-0.15, -0.1) is 11.8 Å². The molecule has 11 heteroatoms. The second kappa shape index (κ2) is 15.7. The van der Waals surface area contributed by atoms with E-state index in [0.717, 1.165) is 5.56 Å². The highest BCUT2D eigenvalue weighted by Crippen LogP contribution is 2.37. The van der Waals surface area contributed by atoms with Crippen LogP contribution in [-0.4, -0.2) is 23.6 Å². The number of rotatable bonds is 11. The highest BCUT2D eigenvalue weighted by Gasteiger charge is 2.24. The zero-order valence-electron chi connectivity index (χ0n) is 25.2. The summed E-state index contributed by atoms with van der Waals surface area (Å²) in [5, 5.41) is 7.46. The largest absolute Gasteiger partial charge is 0.366 e. The van der Waals surface area contributed by atoms with Crippen LogP contribution >= 0.6 is 23.4 Å². The highest BCUT2D eigenvalue weighted by molar-refractivity contribution is 8.00. The van der Waals surface area contributed by atoms with E-state index in [0.29, 0.717) is 21.8 Å². The lowest BCUT2D eigenvalue weighted by atomic mass is 10.1. The molecule has 0 saturated heterocycles. The smallest absolute Gasteiger partial charge is 0.272 e. The zero-order valence-corrected chi connectivity index (χ0v) is 26.7. The Bertz CT molecular complexity index is 1970. The Balaban J connectivity index is 1.36. The first kappa shape index (κ1) is 33.6.